The van der Waals surface area contributed by atoms with E-state index in [-0.39, 0.29) is 25.1 Å². The number of ether oxygens (including phenoxy) is 2. The largest absolute Gasteiger partial charge is 0.497 e. The molecule has 2 N–H and O–H groups in total. The van der Waals surface area contributed by atoms with E-state index in [9.17, 15) is 14.7 Å². The summed E-state index contributed by atoms with van der Waals surface area (Å²) in [4.78, 5) is 30.7. The van der Waals surface area contributed by atoms with Gasteiger partial charge in [0.05, 0.1) is 19.9 Å². The van der Waals surface area contributed by atoms with Gasteiger partial charge in [-0.05, 0) is 43.3 Å². The number of aliphatic hydroxyl groups excluding tert-OH is 1. The summed E-state index contributed by atoms with van der Waals surface area (Å²) < 4.78 is 11.8. The van der Waals surface area contributed by atoms with Crippen molar-refractivity contribution in [2.75, 3.05) is 26.1 Å². The van der Waals surface area contributed by atoms with Gasteiger partial charge in [0.15, 0.2) is 0 Å². The lowest BCUT2D eigenvalue weighted by Gasteiger charge is -2.17. The van der Waals surface area contributed by atoms with Crippen LogP contribution in [0.25, 0.3) is 11.4 Å². The summed E-state index contributed by atoms with van der Waals surface area (Å²) in [6.45, 7) is 1.21. The third-order valence-electron chi connectivity index (χ3n) is 4.92. The molecule has 0 atom stereocenters. The highest BCUT2D eigenvalue weighted by Crippen LogP contribution is 2.29. The van der Waals surface area contributed by atoms with E-state index in [1.54, 1.807) is 49.4 Å². The van der Waals surface area contributed by atoms with E-state index in [0.29, 0.717) is 44.9 Å². The molecule has 0 unspecified atom stereocenters. The number of carbonyl (C=O) groups is 1. The molecular weight excluding hydrogens is 434 g/mol. The van der Waals surface area contributed by atoms with Crippen LogP contribution in [0.2, 0.25) is 5.02 Å². The lowest BCUT2D eigenvalue weighted by molar-refractivity contribution is -0.116. The van der Waals surface area contributed by atoms with Crippen LogP contribution in [0.3, 0.4) is 0 Å². The number of aromatic nitrogens is 2. The summed E-state index contributed by atoms with van der Waals surface area (Å²) >= 11 is 5.99. The Hall–Kier alpha value is -3.36. The molecule has 3 aromatic rings. The number of hydrogen-bond donors (Lipinski definition) is 2. The van der Waals surface area contributed by atoms with Crippen LogP contribution in [0.1, 0.15) is 11.3 Å². The standard InChI is InChI=1S/C23H24ClN3O5/c1-14-18(10-11-28)23(30)27(22(25-14)15-4-6-16(24)7-5-15)13-21(29)26-19-12-17(31-2)8-9-20(19)32-3/h4-9,12,28H,10-11,13H2,1-3H3,(H,26,29). The zero-order valence-corrected chi connectivity index (χ0v) is 18.8. The quantitative estimate of drug-likeness (QED) is 0.539. The number of rotatable bonds is 8. The van der Waals surface area contributed by atoms with Crippen LogP contribution in [0.15, 0.2) is 47.3 Å². The topological polar surface area (TPSA) is 103 Å². The van der Waals surface area contributed by atoms with Crippen molar-refractivity contribution in [3.8, 4) is 22.9 Å². The Labute approximate surface area is 190 Å². The fourth-order valence-corrected chi connectivity index (χ4v) is 3.44. The fraction of sp³-hybridized carbons (Fsp3) is 0.261. The maximum Gasteiger partial charge on any atom is 0.257 e. The molecule has 168 valence electrons. The number of hydrogen-bond acceptors (Lipinski definition) is 6. The van der Waals surface area contributed by atoms with Gasteiger partial charge in [0, 0.05) is 40.9 Å². The summed E-state index contributed by atoms with van der Waals surface area (Å²) in [5.74, 6) is 0.878. The number of nitrogens with one attached hydrogen (secondary N) is 1. The fourth-order valence-electron chi connectivity index (χ4n) is 3.31. The average molecular weight is 458 g/mol. The molecule has 0 saturated carbocycles. The minimum Gasteiger partial charge on any atom is -0.497 e. The van der Waals surface area contributed by atoms with Crippen molar-refractivity contribution in [2.24, 2.45) is 0 Å². The molecule has 1 amide bonds. The van der Waals surface area contributed by atoms with Gasteiger partial charge in [-0.2, -0.15) is 0 Å². The van der Waals surface area contributed by atoms with Crippen molar-refractivity contribution in [3.63, 3.8) is 0 Å². The van der Waals surface area contributed by atoms with Gasteiger partial charge < -0.3 is 19.9 Å². The first-order valence-electron chi connectivity index (χ1n) is 9.87. The molecule has 0 aliphatic carbocycles. The van der Waals surface area contributed by atoms with Gasteiger partial charge in [0.2, 0.25) is 5.91 Å². The number of benzene rings is 2. The number of anilines is 1. The number of halogens is 1. The van der Waals surface area contributed by atoms with Gasteiger partial charge in [-0.1, -0.05) is 11.6 Å². The Kier molecular flexibility index (Phi) is 7.50. The van der Waals surface area contributed by atoms with Gasteiger partial charge >= 0.3 is 0 Å². The summed E-state index contributed by atoms with van der Waals surface area (Å²) in [6.07, 6.45) is 0.143. The lowest BCUT2D eigenvalue weighted by atomic mass is 10.1. The van der Waals surface area contributed by atoms with Crippen molar-refractivity contribution in [1.29, 1.82) is 0 Å². The first-order valence-corrected chi connectivity index (χ1v) is 10.2. The second-order valence-electron chi connectivity index (χ2n) is 6.99. The molecule has 1 aromatic heterocycles. The van der Waals surface area contributed by atoms with E-state index in [0.717, 1.165) is 0 Å². The number of methoxy groups -OCH3 is 2. The SMILES string of the molecule is COc1ccc(OC)c(NC(=O)Cn2c(-c3ccc(Cl)cc3)nc(C)c(CCO)c2=O)c1. The molecule has 0 spiro atoms. The minimum atomic E-state index is -0.450. The summed E-state index contributed by atoms with van der Waals surface area (Å²) in [7, 11) is 3.01. The molecule has 2 aromatic carbocycles. The Bertz CT molecular complexity index is 1180. The van der Waals surface area contributed by atoms with E-state index in [1.807, 2.05) is 0 Å². The van der Waals surface area contributed by atoms with Crippen LogP contribution in [0.5, 0.6) is 11.5 Å². The third-order valence-corrected chi connectivity index (χ3v) is 5.17. The zero-order chi connectivity index (χ0) is 23.3. The summed E-state index contributed by atoms with van der Waals surface area (Å²) in [5.41, 5.74) is 1.52. The van der Waals surface area contributed by atoms with E-state index in [4.69, 9.17) is 21.1 Å². The van der Waals surface area contributed by atoms with Crippen molar-refractivity contribution >= 4 is 23.2 Å². The van der Waals surface area contributed by atoms with E-state index >= 15 is 0 Å². The second-order valence-corrected chi connectivity index (χ2v) is 7.42. The predicted octanol–water partition coefficient (Wildman–Crippen LogP) is 3.06. The van der Waals surface area contributed by atoms with Crippen LogP contribution in [-0.2, 0) is 17.8 Å². The highest BCUT2D eigenvalue weighted by molar-refractivity contribution is 6.30. The molecule has 32 heavy (non-hydrogen) atoms. The molecule has 1 heterocycles. The molecular formula is C23H24ClN3O5. The third kappa shape index (κ3) is 5.09. The summed E-state index contributed by atoms with van der Waals surface area (Å²) in [6, 6.07) is 11.8. The van der Waals surface area contributed by atoms with Gasteiger partial charge in [-0.25, -0.2) is 4.98 Å². The van der Waals surface area contributed by atoms with Crippen molar-refractivity contribution < 1.29 is 19.4 Å². The molecule has 9 heteroatoms. The molecule has 0 fully saturated rings. The van der Waals surface area contributed by atoms with Crippen LogP contribution in [0, 0.1) is 6.92 Å². The van der Waals surface area contributed by atoms with Gasteiger partial charge in [0.1, 0.15) is 23.9 Å². The number of nitrogens with zero attached hydrogens (tertiary/aromatic N) is 2. The predicted molar refractivity (Wildman–Crippen MR) is 123 cm³/mol. The highest BCUT2D eigenvalue weighted by atomic mass is 35.5. The second kappa shape index (κ2) is 10.3. The molecule has 3 rings (SSSR count). The lowest BCUT2D eigenvalue weighted by Crippen LogP contribution is -2.33. The molecule has 0 saturated heterocycles. The maximum atomic E-state index is 13.2. The Balaban J connectivity index is 2.02. The summed E-state index contributed by atoms with van der Waals surface area (Å²) in [5, 5.41) is 12.7. The number of aliphatic hydroxyl groups is 1. The van der Waals surface area contributed by atoms with E-state index < -0.39 is 5.91 Å². The van der Waals surface area contributed by atoms with E-state index in [2.05, 4.69) is 10.3 Å². The van der Waals surface area contributed by atoms with Gasteiger partial charge in [-0.15, -0.1) is 0 Å². The van der Waals surface area contributed by atoms with Crippen LogP contribution in [-0.4, -0.2) is 41.4 Å². The van der Waals surface area contributed by atoms with E-state index in [1.165, 1.54) is 18.8 Å². The van der Waals surface area contributed by atoms with Crippen LogP contribution < -0.4 is 20.3 Å². The first-order chi connectivity index (χ1) is 15.4. The Morgan fingerprint density at radius 3 is 2.50 bits per heavy atom. The van der Waals surface area contributed by atoms with Crippen molar-refractivity contribution in [3.05, 3.63) is 69.1 Å². The smallest absolute Gasteiger partial charge is 0.257 e. The van der Waals surface area contributed by atoms with Crippen molar-refractivity contribution in [2.45, 2.75) is 19.9 Å². The number of carbonyl (C=O) groups excluding carboxylic acids is 1. The Morgan fingerprint density at radius 1 is 1.16 bits per heavy atom. The maximum absolute atomic E-state index is 13.2. The molecule has 0 bridgehead atoms. The molecule has 8 nitrogen and oxygen atoms in total. The normalized spacial score (nSPS) is 10.7. The van der Waals surface area contributed by atoms with Gasteiger partial charge in [0.25, 0.3) is 5.56 Å². The van der Waals surface area contributed by atoms with Gasteiger partial charge in [-0.3, -0.25) is 14.2 Å². The number of amides is 1. The van der Waals surface area contributed by atoms with Crippen LogP contribution >= 0.6 is 11.6 Å². The first kappa shape index (κ1) is 23.3. The molecule has 0 aliphatic heterocycles. The minimum absolute atomic E-state index is 0.143. The average Bonchev–Trinajstić information content (AvgIpc) is 2.79. The number of aryl methyl sites for hydroxylation is 1. The highest BCUT2D eigenvalue weighted by Gasteiger charge is 2.18. The van der Waals surface area contributed by atoms with Crippen LogP contribution in [0.4, 0.5) is 5.69 Å². The molecule has 0 radical (unpaired) electrons. The van der Waals surface area contributed by atoms with Crippen molar-refractivity contribution in [1.82, 2.24) is 9.55 Å². The Morgan fingerprint density at radius 2 is 1.88 bits per heavy atom. The monoisotopic (exact) mass is 457 g/mol. The molecule has 0 aliphatic rings. The zero-order valence-electron chi connectivity index (χ0n) is 18.0.